The summed E-state index contributed by atoms with van der Waals surface area (Å²) in [4.78, 5) is 30.3. The lowest BCUT2D eigenvalue weighted by molar-refractivity contribution is -0.137. The predicted octanol–water partition coefficient (Wildman–Crippen LogP) is 5.13. The van der Waals surface area contributed by atoms with Crippen molar-refractivity contribution in [2.45, 2.75) is 45.7 Å². The Kier molecular flexibility index (Phi) is 7.42. The molecular formula is C27H22F3N5O5. The van der Waals surface area contributed by atoms with E-state index in [4.69, 9.17) is 19.5 Å². The first-order chi connectivity index (χ1) is 18.8. The van der Waals surface area contributed by atoms with E-state index in [9.17, 15) is 28.0 Å². The predicted molar refractivity (Wildman–Crippen MR) is 134 cm³/mol. The maximum absolute atomic E-state index is 13.3. The molecule has 0 aliphatic carbocycles. The van der Waals surface area contributed by atoms with Crippen molar-refractivity contribution in [2.75, 3.05) is 11.4 Å². The maximum atomic E-state index is 13.3. The molecule has 0 bridgehead atoms. The highest BCUT2D eigenvalue weighted by Gasteiger charge is 2.34. The highest BCUT2D eigenvalue weighted by atomic mass is 19.4. The van der Waals surface area contributed by atoms with Crippen LogP contribution in [0.2, 0.25) is 0 Å². The first-order valence-corrected chi connectivity index (χ1v) is 11.9. The van der Waals surface area contributed by atoms with Crippen LogP contribution in [0.25, 0.3) is 0 Å². The van der Waals surface area contributed by atoms with E-state index in [-0.39, 0.29) is 48.5 Å². The third-order valence-electron chi connectivity index (χ3n) is 5.60. The van der Waals surface area contributed by atoms with Crippen LogP contribution in [0.15, 0.2) is 47.3 Å². The van der Waals surface area contributed by atoms with E-state index in [1.54, 1.807) is 20.8 Å². The molecule has 40 heavy (non-hydrogen) atoms. The van der Waals surface area contributed by atoms with Gasteiger partial charge in [-0.15, -0.1) is 0 Å². The molecule has 1 amide bonds. The molecule has 2 heterocycles. The van der Waals surface area contributed by atoms with Gasteiger partial charge in [0.05, 0.1) is 22.8 Å². The number of nitriles is 2. The Bertz CT molecular complexity index is 1610. The van der Waals surface area contributed by atoms with Crippen molar-refractivity contribution in [3.8, 4) is 29.5 Å². The number of hydrogen-bond acceptors (Lipinski definition) is 8. The number of anilines is 1. The van der Waals surface area contributed by atoms with Crippen LogP contribution in [0, 0.1) is 22.7 Å². The second-order valence-electron chi connectivity index (χ2n) is 9.67. The third-order valence-corrected chi connectivity index (χ3v) is 5.60. The van der Waals surface area contributed by atoms with Crippen LogP contribution in [0.5, 0.6) is 17.4 Å². The molecule has 1 aromatic heterocycles. The van der Waals surface area contributed by atoms with Crippen molar-refractivity contribution in [3.05, 3.63) is 75.2 Å². The lowest BCUT2D eigenvalue weighted by Crippen LogP contribution is -2.36. The number of benzene rings is 2. The molecule has 0 N–H and O–H groups in total. The zero-order valence-electron chi connectivity index (χ0n) is 21.6. The van der Waals surface area contributed by atoms with Gasteiger partial charge in [0.15, 0.2) is 0 Å². The average molecular weight is 553 g/mol. The summed E-state index contributed by atoms with van der Waals surface area (Å²) in [7, 11) is 0. The molecule has 0 saturated heterocycles. The fraction of sp³-hybridized carbons (Fsp3) is 0.296. The minimum Gasteiger partial charge on any atom is -0.473 e. The van der Waals surface area contributed by atoms with Crippen LogP contribution in [0.1, 0.15) is 43.0 Å². The Hall–Kier alpha value is -5.04. The standard InChI is InChI=1S/C27H22F3N5O5/c1-26(2,3)40-25(37)35-9-8-34-23(35)12-22(33-24(34)36)38-15-16-4-7-21(18(10-16)14-32)39-19-6-5-17(13-31)20(11-19)27(28,29)30/h4-7,10-12H,8-9,15H2,1-3H3. The van der Waals surface area contributed by atoms with Crippen LogP contribution in [0.4, 0.5) is 23.8 Å². The number of alkyl halides is 3. The lowest BCUT2D eigenvalue weighted by atomic mass is 10.1. The number of carbonyl (C=O) groups excluding carboxylic acids is 1. The van der Waals surface area contributed by atoms with Crippen molar-refractivity contribution >= 4 is 11.9 Å². The van der Waals surface area contributed by atoms with Gasteiger partial charge in [-0.2, -0.15) is 28.7 Å². The van der Waals surface area contributed by atoms with Gasteiger partial charge in [-0.05, 0) is 56.7 Å². The number of halogens is 3. The summed E-state index contributed by atoms with van der Waals surface area (Å²) in [6.07, 6.45) is -5.38. The molecule has 1 aliphatic rings. The lowest BCUT2D eigenvalue weighted by Gasteiger charge is -2.24. The van der Waals surface area contributed by atoms with Gasteiger partial charge >= 0.3 is 18.0 Å². The first-order valence-electron chi connectivity index (χ1n) is 11.9. The maximum Gasteiger partial charge on any atom is 0.417 e. The molecule has 0 spiro atoms. The number of carbonyl (C=O) groups is 1. The number of ether oxygens (including phenoxy) is 3. The molecule has 0 unspecified atom stereocenters. The van der Waals surface area contributed by atoms with Crippen LogP contribution >= 0.6 is 0 Å². The normalized spacial score (nSPS) is 12.8. The van der Waals surface area contributed by atoms with E-state index >= 15 is 0 Å². The Balaban J connectivity index is 1.51. The molecule has 3 aromatic rings. The van der Waals surface area contributed by atoms with Crippen molar-refractivity contribution < 1.29 is 32.2 Å². The average Bonchev–Trinajstić information content (AvgIpc) is 3.31. The zero-order valence-corrected chi connectivity index (χ0v) is 21.6. The molecule has 0 saturated carbocycles. The number of fused-ring (bicyclic) bond motifs is 1. The summed E-state index contributed by atoms with van der Waals surface area (Å²) in [6, 6.07) is 12.0. The Morgan fingerprint density at radius 3 is 2.40 bits per heavy atom. The second kappa shape index (κ2) is 10.6. The number of amides is 1. The molecule has 2 aromatic carbocycles. The fourth-order valence-electron chi connectivity index (χ4n) is 3.84. The minimum absolute atomic E-state index is 0.00835. The number of rotatable bonds is 5. The van der Waals surface area contributed by atoms with E-state index in [0.29, 0.717) is 11.6 Å². The highest BCUT2D eigenvalue weighted by Crippen LogP contribution is 2.36. The van der Waals surface area contributed by atoms with E-state index in [1.165, 1.54) is 45.9 Å². The van der Waals surface area contributed by atoms with Crippen molar-refractivity contribution in [2.24, 2.45) is 0 Å². The highest BCUT2D eigenvalue weighted by molar-refractivity contribution is 5.87. The third kappa shape index (κ3) is 6.15. The topological polar surface area (TPSA) is 130 Å². The van der Waals surface area contributed by atoms with Gasteiger partial charge in [0.2, 0.25) is 5.88 Å². The summed E-state index contributed by atoms with van der Waals surface area (Å²) < 4.78 is 57.7. The Labute approximate surface area is 226 Å². The summed E-state index contributed by atoms with van der Waals surface area (Å²) in [6.45, 7) is 5.54. The molecule has 0 atom stereocenters. The van der Waals surface area contributed by atoms with Gasteiger partial charge in [0.1, 0.15) is 35.6 Å². The molecule has 206 valence electrons. The molecule has 13 heteroatoms. The fourth-order valence-corrected chi connectivity index (χ4v) is 3.84. The van der Waals surface area contributed by atoms with E-state index in [0.717, 1.165) is 6.07 Å². The van der Waals surface area contributed by atoms with Crippen molar-refractivity contribution in [3.63, 3.8) is 0 Å². The van der Waals surface area contributed by atoms with Gasteiger partial charge in [-0.3, -0.25) is 9.47 Å². The smallest absolute Gasteiger partial charge is 0.417 e. The number of aromatic nitrogens is 2. The van der Waals surface area contributed by atoms with Crippen LogP contribution in [-0.4, -0.2) is 27.8 Å². The van der Waals surface area contributed by atoms with Gasteiger partial charge in [0.25, 0.3) is 0 Å². The molecular weight excluding hydrogens is 531 g/mol. The number of hydrogen-bond donors (Lipinski definition) is 0. The van der Waals surface area contributed by atoms with E-state index < -0.39 is 34.7 Å². The summed E-state index contributed by atoms with van der Waals surface area (Å²) in [5.74, 6) is 0.00401. The monoisotopic (exact) mass is 553 g/mol. The molecule has 10 nitrogen and oxygen atoms in total. The second-order valence-corrected chi connectivity index (χ2v) is 9.67. The van der Waals surface area contributed by atoms with Gasteiger partial charge < -0.3 is 14.2 Å². The van der Waals surface area contributed by atoms with Crippen LogP contribution < -0.4 is 20.1 Å². The minimum atomic E-state index is -4.76. The van der Waals surface area contributed by atoms with Crippen LogP contribution in [0.3, 0.4) is 0 Å². The quantitative estimate of drug-likeness (QED) is 0.425. The van der Waals surface area contributed by atoms with Crippen LogP contribution in [-0.2, 0) is 24.1 Å². The first kappa shape index (κ1) is 28.0. The van der Waals surface area contributed by atoms with Gasteiger partial charge in [-0.1, -0.05) is 6.07 Å². The molecule has 4 rings (SSSR count). The van der Waals surface area contributed by atoms with Gasteiger partial charge in [0, 0.05) is 19.2 Å². The Morgan fingerprint density at radius 1 is 1.02 bits per heavy atom. The SMILES string of the molecule is CC(C)(C)OC(=O)N1CCn2c1cc(OCc1ccc(Oc3ccc(C#N)c(C(F)(F)F)c3)c(C#N)c1)nc2=O. The Morgan fingerprint density at radius 2 is 1.75 bits per heavy atom. The van der Waals surface area contributed by atoms with Gasteiger partial charge in [-0.25, -0.2) is 9.59 Å². The van der Waals surface area contributed by atoms with Crippen molar-refractivity contribution in [1.82, 2.24) is 9.55 Å². The zero-order chi connectivity index (χ0) is 29.2. The summed E-state index contributed by atoms with van der Waals surface area (Å²) in [5, 5.41) is 18.5. The largest absolute Gasteiger partial charge is 0.473 e. The van der Waals surface area contributed by atoms with E-state index in [2.05, 4.69) is 4.98 Å². The summed E-state index contributed by atoms with van der Waals surface area (Å²) >= 11 is 0. The molecule has 1 aliphatic heterocycles. The summed E-state index contributed by atoms with van der Waals surface area (Å²) in [5.41, 5.74) is -2.56. The molecule has 0 fully saturated rings. The molecule has 0 radical (unpaired) electrons. The van der Waals surface area contributed by atoms with E-state index in [1.807, 2.05) is 6.07 Å². The number of nitrogens with zero attached hydrogens (tertiary/aromatic N) is 5. The van der Waals surface area contributed by atoms with Crippen molar-refractivity contribution in [1.29, 1.82) is 10.5 Å².